The van der Waals surface area contributed by atoms with E-state index < -0.39 is 5.60 Å². The summed E-state index contributed by atoms with van der Waals surface area (Å²) in [6.45, 7) is 8.76. The number of likely N-dealkylation sites (tertiary alicyclic amines) is 1. The second kappa shape index (κ2) is 9.44. The number of hydrogen-bond acceptors (Lipinski definition) is 3. The Morgan fingerprint density at radius 2 is 2.04 bits per heavy atom. The molecular formula is C20H31ClN2O2. The Hall–Kier alpha value is -1.26. The molecule has 1 saturated heterocycles. The molecule has 1 aromatic carbocycles. The SMILES string of the molecule is CCC1CCCCN1CCCNC(=O)C(C)(C)Oc1ccc(Cl)cc1. The van der Waals surface area contributed by atoms with E-state index in [1.54, 1.807) is 38.1 Å². The van der Waals surface area contributed by atoms with Gasteiger partial charge in [-0.2, -0.15) is 0 Å². The first-order chi connectivity index (χ1) is 11.9. The van der Waals surface area contributed by atoms with Crippen molar-refractivity contribution in [3.63, 3.8) is 0 Å². The number of halogens is 1. The van der Waals surface area contributed by atoms with Crippen molar-refractivity contribution in [3.05, 3.63) is 29.3 Å². The molecule has 4 nitrogen and oxygen atoms in total. The van der Waals surface area contributed by atoms with Gasteiger partial charge in [-0.15, -0.1) is 0 Å². The van der Waals surface area contributed by atoms with Crippen LogP contribution in [0.2, 0.25) is 5.02 Å². The Balaban J connectivity index is 1.73. The molecule has 0 spiro atoms. The third kappa shape index (κ3) is 6.19. The van der Waals surface area contributed by atoms with Gasteiger partial charge in [0, 0.05) is 24.2 Å². The molecule has 0 saturated carbocycles. The number of rotatable bonds is 8. The lowest BCUT2D eigenvalue weighted by atomic mass is 10.00. The number of carbonyl (C=O) groups excluding carboxylic acids is 1. The normalized spacial score (nSPS) is 18.8. The Kier molecular flexibility index (Phi) is 7.57. The largest absolute Gasteiger partial charge is 0.478 e. The number of carbonyl (C=O) groups is 1. The molecule has 1 N–H and O–H groups in total. The van der Waals surface area contributed by atoms with Crippen molar-refractivity contribution in [2.45, 2.75) is 64.5 Å². The van der Waals surface area contributed by atoms with Crippen LogP contribution in [0.5, 0.6) is 5.75 Å². The van der Waals surface area contributed by atoms with Gasteiger partial charge in [0.25, 0.3) is 5.91 Å². The van der Waals surface area contributed by atoms with E-state index in [4.69, 9.17) is 16.3 Å². The average molecular weight is 367 g/mol. The van der Waals surface area contributed by atoms with Crippen LogP contribution in [0.25, 0.3) is 0 Å². The molecule has 0 aliphatic carbocycles. The summed E-state index contributed by atoms with van der Waals surface area (Å²) < 4.78 is 5.82. The van der Waals surface area contributed by atoms with E-state index in [0.29, 0.717) is 23.4 Å². The van der Waals surface area contributed by atoms with Crippen molar-refractivity contribution in [1.82, 2.24) is 10.2 Å². The average Bonchev–Trinajstić information content (AvgIpc) is 2.60. The maximum absolute atomic E-state index is 12.4. The zero-order valence-corrected chi connectivity index (χ0v) is 16.4. The zero-order valence-electron chi connectivity index (χ0n) is 15.7. The smallest absolute Gasteiger partial charge is 0.263 e. The highest BCUT2D eigenvalue weighted by atomic mass is 35.5. The molecule has 1 heterocycles. The van der Waals surface area contributed by atoms with Crippen molar-refractivity contribution in [1.29, 1.82) is 0 Å². The van der Waals surface area contributed by atoms with Crippen molar-refractivity contribution in [2.75, 3.05) is 19.6 Å². The van der Waals surface area contributed by atoms with Crippen LogP contribution < -0.4 is 10.1 Å². The number of nitrogens with one attached hydrogen (secondary N) is 1. The van der Waals surface area contributed by atoms with Crippen LogP contribution >= 0.6 is 11.6 Å². The highest BCUT2D eigenvalue weighted by Crippen LogP contribution is 2.21. The molecule has 1 aliphatic rings. The number of ether oxygens (including phenoxy) is 1. The Morgan fingerprint density at radius 1 is 1.32 bits per heavy atom. The van der Waals surface area contributed by atoms with Crippen LogP contribution in [0, 0.1) is 0 Å². The fraction of sp³-hybridized carbons (Fsp3) is 0.650. The monoisotopic (exact) mass is 366 g/mol. The van der Waals surface area contributed by atoms with Crippen molar-refractivity contribution in [2.24, 2.45) is 0 Å². The van der Waals surface area contributed by atoms with Gasteiger partial charge in [0.15, 0.2) is 5.60 Å². The number of hydrogen-bond donors (Lipinski definition) is 1. The molecule has 1 fully saturated rings. The second-order valence-electron chi connectivity index (χ2n) is 7.27. The van der Waals surface area contributed by atoms with E-state index in [1.807, 2.05) is 0 Å². The van der Waals surface area contributed by atoms with Gasteiger partial charge in [-0.05, 0) is 70.3 Å². The molecule has 0 bridgehead atoms. The molecule has 0 radical (unpaired) electrons. The summed E-state index contributed by atoms with van der Waals surface area (Å²) in [5.74, 6) is 0.553. The predicted octanol–water partition coefficient (Wildman–Crippen LogP) is 4.27. The van der Waals surface area contributed by atoms with Gasteiger partial charge in [-0.1, -0.05) is 24.9 Å². The highest BCUT2D eigenvalue weighted by Gasteiger charge is 2.29. The molecule has 25 heavy (non-hydrogen) atoms. The summed E-state index contributed by atoms with van der Waals surface area (Å²) in [6, 6.07) is 7.78. The Morgan fingerprint density at radius 3 is 2.72 bits per heavy atom. The maximum Gasteiger partial charge on any atom is 0.263 e. The fourth-order valence-corrected chi connectivity index (χ4v) is 3.48. The van der Waals surface area contributed by atoms with E-state index >= 15 is 0 Å². The van der Waals surface area contributed by atoms with E-state index in [0.717, 1.165) is 13.0 Å². The minimum atomic E-state index is -0.912. The summed E-state index contributed by atoms with van der Waals surface area (Å²) in [5, 5.41) is 3.66. The molecule has 2 rings (SSSR count). The van der Waals surface area contributed by atoms with E-state index in [1.165, 1.54) is 32.2 Å². The standard InChI is InChI=1S/C20H31ClN2O2/c1-4-17-8-5-6-14-23(17)15-7-13-22-19(24)20(2,3)25-18-11-9-16(21)10-12-18/h9-12,17H,4-8,13-15H2,1-3H3,(H,22,24). The topological polar surface area (TPSA) is 41.6 Å². The van der Waals surface area contributed by atoms with Crippen molar-refractivity contribution in [3.8, 4) is 5.75 Å². The first-order valence-electron chi connectivity index (χ1n) is 9.39. The third-order valence-corrected chi connectivity index (χ3v) is 5.11. The lowest BCUT2D eigenvalue weighted by Crippen LogP contribution is -2.47. The van der Waals surface area contributed by atoms with E-state index in [9.17, 15) is 4.79 Å². The second-order valence-corrected chi connectivity index (χ2v) is 7.71. The van der Waals surface area contributed by atoms with Crippen LogP contribution in [0.15, 0.2) is 24.3 Å². The lowest BCUT2D eigenvalue weighted by molar-refractivity contribution is -0.134. The molecule has 1 aromatic rings. The van der Waals surface area contributed by atoms with Gasteiger partial charge in [0.1, 0.15) is 5.75 Å². The van der Waals surface area contributed by atoms with Gasteiger partial charge in [-0.25, -0.2) is 0 Å². The first kappa shape index (κ1) is 20.1. The van der Waals surface area contributed by atoms with Crippen molar-refractivity contribution < 1.29 is 9.53 Å². The van der Waals surface area contributed by atoms with E-state index in [-0.39, 0.29) is 5.91 Å². The minimum absolute atomic E-state index is 0.0897. The molecule has 5 heteroatoms. The fourth-order valence-electron chi connectivity index (χ4n) is 3.36. The molecule has 140 valence electrons. The van der Waals surface area contributed by atoms with Gasteiger partial charge < -0.3 is 15.0 Å². The summed E-state index contributed by atoms with van der Waals surface area (Å²) in [5.41, 5.74) is -0.912. The molecule has 1 atom stereocenters. The zero-order chi connectivity index (χ0) is 18.3. The van der Waals surface area contributed by atoms with Gasteiger partial charge in [-0.3, -0.25) is 4.79 Å². The van der Waals surface area contributed by atoms with Crippen LogP contribution in [0.1, 0.15) is 52.9 Å². The number of amides is 1. The van der Waals surface area contributed by atoms with Crippen LogP contribution in [0.3, 0.4) is 0 Å². The summed E-state index contributed by atoms with van der Waals surface area (Å²) in [7, 11) is 0. The van der Waals surface area contributed by atoms with Crippen LogP contribution in [-0.4, -0.2) is 42.1 Å². The van der Waals surface area contributed by atoms with E-state index in [2.05, 4.69) is 17.1 Å². The predicted molar refractivity (Wildman–Crippen MR) is 103 cm³/mol. The Bertz CT molecular complexity index is 545. The Labute approximate surface area is 156 Å². The maximum atomic E-state index is 12.4. The first-order valence-corrected chi connectivity index (χ1v) is 9.77. The minimum Gasteiger partial charge on any atom is -0.478 e. The summed E-state index contributed by atoms with van der Waals surface area (Å²) in [4.78, 5) is 15.0. The lowest BCUT2D eigenvalue weighted by Gasteiger charge is -2.35. The van der Waals surface area contributed by atoms with Gasteiger partial charge in [0.2, 0.25) is 0 Å². The quantitative estimate of drug-likeness (QED) is 0.698. The molecule has 0 aromatic heterocycles. The highest BCUT2D eigenvalue weighted by molar-refractivity contribution is 6.30. The molecular weight excluding hydrogens is 336 g/mol. The summed E-state index contributed by atoms with van der Waals surface area (Å²) in [6.07, 6.45) is 6.14. The molecule has 1 aliphatic heterocycles. The number of nitrogens with zero attached hydrogens (tertiary/aromatic N) is 1. The molecule has 1 unspecified atom stereocenters. The van der Waals surface area contributed by atoms with Gasteiger partial charge in [0.05, 0.1) is 0 Å². The number of piperidine rings is 1. The van der Waals surface area contributed by atoms with Crippen LogP contribution in [0.4, 0.5) is 0 Å². The van der Waals surface area contributed by atoms with Gasteiger partial charge >= 0.3 is 0 Å². The summed E-state index contributed by atoms with van der Waals surface area (Å²) >= 11 is 5.88. The number of benzene rings is 1. The third-order valence-electron chi connectivity index (χ3n) is 4.86. The molecule has 1 amide bonds. The van der Waals surface area contributed by atoms with Crippen molar-refractivity contribution >= 4 is 17.5 Å². The van der Waals surface area contributed by atoms with Crippen LogP contribution in [-0.2, 0) is 4.79 Å².